The molecule has 23 heavy (non-hydrogen) atoms. The molecule has 6 nitrogen and oxygen atoms in total. The third kappa shape index (κ3) is 3.34. The maximum atomic E-state index is 13.0. The van der Waals surface area contributed by atoms with Crippen LogP contribution in [-0.4, -0.2) is 54.8 Å². The smallest absolute Gasteiger partial charge is 0.257 e. The monoisotopic (exact) mass is 337 g/mol. The summed E-state index contributed by atoms with van der Waals surface area (Å²) >= 11 is 0. The summed E-state index contributed by atoms with van der Waals surface area (Å²) in [7, 11) is -3.48. The fourth-order valence-electron chi connectivity index (χ4n) is 2.97. The van der Waals surface area contributed by atoms with Gasteiger partial charge < -0.3 is 9.80 Å². The van der Waals surface area contributed by atoms with Crippen LogP contribution in [-0.2, 0) is 14.8 Å². The highest BCUT2D eigenvalue weighted by molar-refractivity contribution is 7.90. The van der Waals surface area contributed by atoms with Gasteiger partial charge in [0.15, 0.2) is 5.84 Å². The Morgan fingerprint density at radius 1 is 1.48 bits per heavy atom. The van der Waals surface area contributed by atoms with Gasteiger partial charge in [0.25, 0.3) is 15.9 Å². The molecule has 7 heteroatoms. The topological polar surface area (TPSA) is 70.1 Å². The molecule has 0 aromatic heterocycles. The largest absolute Gasteiger partial charge is 0.336 e. The van der Waals surface area contributed by atoms with Crippen molar-refractivity contribution in [1.82, 2.24) is 9.80 Å². The molecule has 0 radical (unpaired) electrons. The van der Waals surface area contributed by atoms with Gasteiger partial charge in [-0.2, -0.15) is 0 Å². The van der Waals surface area contributed by atoms with Crippen LogP contribution >= 0.6 is 0 Å². The first-order chi connectivity index (χ1) is 10.8. The molecular formula is C16H23N3O3S. The van der Waals surface area contributed by atoms with E-state index in [0.29, 0.717) is 24.0 Å². The van der Waals surface area contributed by atoms with Gasteiger partial charge in [-0.3, -0.25) is 4.79 Å². The summed E-state index contributed by atoms with van der Waals surface area (Å²) in [6.07, 6.45) is 6.37. The zero-order chi connectivity index (χ0) is 16.8. The minimum absolute atomic E-state index is 0.0181. The minimum atomic E-state index is -3.48. The molecule has 1 saturated carbocycles. The summed E-state index contributed by atoms with van der Waals surface area (Å²) in [6, 6.07) is 0.0661. The third-order valence-electron chi connectivity index (χ3n) is 4.68. The highest BCUT2D eigenvalue weighted by atomic mass is 32.2. The van der Waals surface area contributed by atoms with Crippen molar-refractivity contribution in [3.63, 3.8) is 0 Å². The fourth-order valence-corrected chi connectivity index (χ4v) is 3.96. The van der Waals surface area contributed by atoms with E-state index in [9.17, 15) is 13.2 Å². The summed E-state index contributed by atoms with van der Waals surface area (Å²) in [4.78, 5) is 16.6. The highest BCUT2D eigenvalue weighted by Gasteiger charge is 2.38. The Morgan fingerprint density at radius 2 is 2.17 bits per heavy atom. The van der Waals surface area contributed by atoms with Gasteiger partial charge in [0.05, 0.1) is 11.3 Å². The van der Waals surface area contributed by atoms with Crippen molar-refractivity contribution >= 4 is 21.8 Å². The Balaban J connectivity index is 1.88. The number of amidine groups is 1. The van der Waals surface area contributed by atoms with Crippen LogP contribution in [0.25, 0.3) is 0 Å². The van der Waals surface area contributed by atoms with Crippen LogP contribution in [0.3, 0.4) is 0 Å². The average molecular weight is 337 g/mol. The number of carbonyl (C=O) groups is 1. The lowest BCUT2D eigenvalue weighted by atomic mass is 10.1. The Hall–Kier alpha value is -1.63. The quantitative estimate of drug-likeness (QED) is 0.777. The van der Waals surface area contributed by atoms with Gasteiger partial charge in [0.2, 0.25) is 0 Å². The normalized spacial score (nSPS) is 28.1. The van der Waals surface area contributed by atoms with Crippen molar-refractivity contribution in [2.45, 2.75) is 33.2 Å². The predicted molar refractivity (Wildman–Crippen MR) is 89.3 cm³/mol. The van der Waals surface area contributed by atoms with E-state index >= 15 is 0 Å². The lowest BCUT2D eigenvalue weighted by molar-refractivity contribution is -0.128. The zero-order valence-corrected chi connectivity index (χ0v) is 14.6. The number of sulfonamides is 1. The highest BCUT2D eigenvalue weighted by Crippen LogP contribution is 2.38. The second-order valence-electron chi connectivity index (χ2n) is 6.84. The number of hydrogen-bond acceptors (Lipinski definition) is 4. The molecule has 1 amide bonds. The molecule has 2 aliphatic heterocycles. The average Bonchev–Trinajstić information content (AvgIpc) is 3.17. The SMILES string of the molecule is CC(C)N(C[C@H]1C[C@@H]1C)C(=O)C1=CC=CN2CCS(=O)(=O)N=C12. The molecule has 0 saturated heterocycles. The van der Waals surface area contributed by atoms with E-state index in [4.69, 9.17) is 0 Å². The maximum absolute atomic E-state index is 13.0. The van der Waals surface area contributed by atoms with Crippen LogP contribution in [0.15, 0.2) is 28.3 Å². The number of fused-ring (bicyclic) bond motifs is 1. The Bertz CT molecular complexity index is 706. The van der Waals surface area contributed by atoms with Crippen molar-refractivity contribution in [3.05, 3.63) is 23.9 Å². The number of rotatable bonds is 4. The number of nitrogens with zero attached hydrogens (tertiary/aromatic N) is 3. The van der Waals surface area contributed by atoms with Crippen LogP contribution in [0.4, 0.5) is 0 Å². The van der Waals surface area contributed by atoms with Gasteiger partial charge >= 0.3 is 0 Å². The van der Waals surface area contributed by atoms with Crippen molar-refractivity contribution in [1.29, 1.82) is 0 Å². The third-order valence-corrected chi connectivity index (χ3v) is 5.83. The van der Waals surface area contributed by atoms with E-state index < -0.39 is 10.0 Å². The second-order valence-corrected chi connectivity index (χ2v) is 8.60. The predicted octanol–water partition coefficient (Wildman–Crippen LogP) is 1.38. The summed E-state index contributed by atoms with van der Waals surface area (Å²) < 4.78 is 27.5. The minimum Gasteiger partial charge on any atom is -0.336 e. The van der Waals surface area contributed by atoms with Gasteiger partial charge in [0.1, 0.15) is 0 Å². The molecule has 0 aromatic carbocycles. The second kappa shape index (κ2) is 5.78. The van der Waals surface area contributed by atoms with E-state index in [2.05, 4.69) is 11.3 Å². The molecule has 0 N–H and O–H groups in total. The molecule has 3 rings (SSSR count). The standard InChI is InChI=1S/C16H23N3O3S/c1-11(2)19(10-13-9-12(13)3)16(20)14-5-4-6-18-7-8-23(21,22)17-15(14)18/h4-6,11-13H,7-10H2,1-3H3/t12-,13+/m0/s1. The van der Waals surface area contributed by atoms with Crippen molar-refractivity contribution in [2.24, 2.45) is 16.2 Å². The lowest BCUT2D eigenvalue weighted by Crippen LogP contribution is -2.46. The van der Waals surface area contributed by atoms with Crippen molar-refractivity contribution in [3.8, 4) is 0 Å². The van der Waals surface area contributed by atoms with E-state index in [1.54, 1.807) is 23.3 Å². The van der Waals surface area contributed by atoms with Crippen LogP contribution in [0, 0.1) is 11.8 Å². The molecule has 1 fully saturated rings. The zero-order valence-electron chi connectivity index (χ0n) is 13.8. The molecular weight excluding hydrogens is 314 g/mol. The lowest BCUT2D eigenvalue weighted by Gasteiger charge is -2.33. The fraction of sp³-hybridized carbons (Fsp3) is 0.625. The molecule has 2 heterocycles. The number of allylic oxidation sites excluding steroid dienone is 2. The van der Waals surface area contributed by atoms with Crippen LogP contribution in [0.1, 0.15) is 27.2 Å². The molecule has 3 aliphatic rings. The van der Waals surface area contributed by atoms with Crippen LogP contribution < -0.4 is 0 Å². The molecule has 1 aliphatic carbocycles. The molecule has 0 bridgehead atoms. The molecule has 126 valence electrons. The first-order valence-corrected chi connectivity index (χ1v) is 9.68. The van der Waals surface area contributed by atoms with Gasteiger partial charge in [-0.05, 0) is 44.3 Å². The summed E-state index contributed by atoms with van der Waals surface area (Å²) in [5, 5.41) is 0. The first kappa shape index (κ1) is 16.2. The summed E-state index contributed by atoms with van der Waals surface area (Å²) in [5.74, 6) is 1.32. The van der Waals surface area contributed by atoms with E-state index in [1.165, 1.54) is 0 Å². The molecule has 0 spiro atoms. The van der Waals surface area contributed by atoms with Gasteiger partial charge in [0, 0.05) is 25.3 Å². The summed E-state index contributed by atoms with van der Waals surface area (Å²) in [5.41, 5.74) is 0.373. The Morgan fingerprint density at radius 3 is 2.78 bits per heavy atom. The molecule has 0 unspecified atom stereocenters. The van der Waals surface area contributed by atoms with Crippen molar-refractivity contribution in [2.75, 3.05) is 18.8 Å². The van der Waals surface area contributed by atoms with Crippen LogP contribution in [0.2, 0.25) is 0 Å². The number of hydrogen-bond donors (Lipinski definition) is 0. The first-order valence-electron chi connectivity index (χ1n) is 8.07. The van der Waals surface area contributed by atoms with E-state index in [-0.39, 0.29) is 23.5 Å². The Kier molecular flexibility index (Phi) is 4.08. The number of amides is 1. The van der Waals surface area contributed by atoms with E-state index in [1.807, 2.05) is 18.7 Å². The summed E-state index contributed by atoms with van der Waals surface area (Å²) in [6.45, 7) is 7.22. The number of carbonyl (C=O) groups excluding carboxylic acids is 1. The van der Waals surface area contributed by atoms with Gasteiger partial charge in [-0.1, -0.05) is 6.92 Å². The van der Waals surface area contributed by atoms with Gasteiger partial charge in [-0.25, -0.2) is 8.42 Å². The van der Waals surface area contributed by atoms with Crippen molar-refractivity contribution < 1.29 is 13.2 Å². The Labute approximate surface area is 137 Å². The van der Waals surface area contributed by atoms with Gasteiger partial charge in [-0.15, -0.1) is 4.40 Å². The van der Waals surface area contributed by atoms with E-state index in [0.717, 1.165) is 13.0 Å². The maximum Gasteiger partial charge on any atom is 0.257 e. The van der Waals surface area contributed by atoms with Crippen LogP contribution in [0.5, 0.6) is 0 Å². The molecule has 2 atom stereocenters. The molecule has 0 aromatic rings.